The first-order valence-electron chi connectivity index (χ1n) is 8.35. The maximum absolute atomic E-state index is 12.3. The molecule has 4 rings (SSSR count). The van der Waals surface area contributed by atoms with Gasteiger partial charge in [0.25, 0.3) is 5.91 Å². The zero-order valence-corrected chi connectivity index (χ0v) is 14.8. The molecule has 2 aromatic carbocycles. The van der Waals surface area contributed by atoms with Crippen LogP contribution in [0.4, 0.5) is 5.69 Å². The molecule has 26 heavy (non-hydrogen) atoms. The maximum Gasteiger partial charge on any atom is 0.291 e. The zero-order valence-electron chi connectivity index (χ0n) is 14.8. The molecule has 0 spiro atoms. The van der Waals surface area contributed by atoms with Crippen molar-refractivity contribution in [2.24, 2.45) is 0 Å². The molecule has 1 N–H and O–H groups in total. The van der Waals surface area contributed by atoms with Gasteiger partial charge in [-0.05, 0) is 67.8 Å². The molecule has 0 radical (unpaired) electrons. The van der Waals surface area contributed by atoms with Crippen LogP contribution >= 0.6 is 0 Å². The topological polar surface area (TPSA) is 68.3 Å². The summed E-state index contributed by atoms with van der Waals surface area (Å²) in [6.45, 7) is 5.98. The largest absolute Gasteiger partial charge is 0.459 e. The Hall–Kier alpha value is -3.34. The summed E-state index contributed by atoms with van der Waals surface area (Å²) >= 11 is 0. The van der Waals surface area contributed by atoms with Gasteiger partial charge in [0.2, 0.25) is 5.89 Å². The highest BCUT2D eigenvalue weighted by Crippen LogP contribution is 2.30. The Labute approximate surface area is 150 Å². The van der Waals surface area contributed by atoms with Crippen molar-refractivity contribution in [3.63, 3.8) is 0 Å². The second-order valence-electron chi connectivity index (χ2n) is 6.41. The first-order chi connectivity index (χ1) is 12.5. The Morgan fingerprint density at radius 1 is 1.04 bits per heavy atom. The van der Waals surface area contributed by atoms with Crippen molar-refractivity contribution < 1.29 is 13.6 Å². The van der Waals surface area contributed by atoms with Crippen LogP contribution in [-0.4, -0.2) is 10.9 Å². The summed E-state index contributed by atoms with van der Waals surface area (Å²) in [4.78, 5) is 16.9. The van der Waals surface area contributed by atoms with E-state index in [0.717, 1.165) is 33.4 Å². The number of aromatic nitrogens is 1. The molecule has 0 saturated carbocycles. The maximum atomic E-state index is 12.3. The summed E-state index contributed by atoms with van der Waals surface area (Å²) < 4.78 is 11.1. The molecule has 2 heterocycles. The quantitative estimate of drug-likeness (QED) is 0.549. The molecule has 4 aromatic rings. The molecule has 0 saturated heterocycles. The normalized spacial score (nSPS) is 11.0. The van der Waals surface area contributed by atoms with Crippen LogP contribution in [-0.2, 0) is 0 Å². The molecule has 5 nitrogen and oxygen atoms in total. The molecule has 5 heteroatoms. The van der Waals surface area contributed by atoms with Gasteiger partial charge in [-0.1, -0.05) is 12.1 Å². The van der Waals surface area contributed by atoms with Gasteiger partial charge in [0.05, 0.1) is 6.26 Å². The van der Waals surface area contributed by atoms with E-state index in [0.29, 0.717) is 11.6 Å². The molecule has 0 unspecified atom stereocenters. The zero-order chi connectivity index (χ0) is 18.3. The number of benzene rings is 2. The molecule has 0 atom stereocenters. The monoisotopic (exact) mass is 346 g/mol. The molecule has 0 aliphatic rings. The molecule has 0 aliphatic carbocycles. The van der Waals surface area contributed by atoms with Crippen molar-refractivity contribution >= 4 is 22.7 Å². The van der Waals surface area contributed by atoms with E-state index in [9.17, 15) is 4.79 Å². The second kappa shape index (κ2) is 6.19. The fourth-order valence-electron chi connectivity index (χ4n) is 2.98. The third-order valence-corrected chi connectivity index (χ3v) is 4.30. The van der Waals surface area contributed by atoms with E-state index in [-0.39, 0.29) is 11.7 Å². The summed E-state index contributed by atoms with van der Waals surface area (Å²) in [6.07, 6.45) is 1.47. The Morgan fingerprint density at radius 2 is 1.88 bits per heavy atom. The number of amides is 1. The van der Waals surface area contributed by atoms with Crippen LogP contribution in [0.3, 0.4) is 0 Å². The molecule has 0 bridgehead atoms. The summed E-state index contributed by atoms with van der Waals surface area (Å²) in [7, 11) is 0. The van der Waals surface area contributed by atoms with Crippen LogP contribution in [0.25, 0.3) is 22.6 Å². The Balaban J connectivity index is 1.72. The average Bonchev–Trinajstić information content (AvgIpc) is 3.26. The van der Waals surface area contributed by atoms with Gasteiger partial charge in [0.1, 0.15) is 5.52 Å². The lowest BCUT2D eigenvalue weighted by Gasteiger charge is -2.08. The standard InChI is InChI=1S/C21H18N2O3/c1-12-9-14(3)19-17(10-12)23-21(26-19)15-7-6-13(2)16(11-15)22-20(24)18-5-4-8-25-18/h4-11H,1-3H3,(H,22,24). The minimum Gasteiger partial charge on any atom is -0.459 e. The highest BCUT2D eigenvalue weighted by atomic mass is 16.3. The lowest BCUT2D eigenvalue weighted by atomic mass is 10.1. The molecule has 0 aliphatic heterocycles. The molecular weight excluding hydrogens is 328 g/mol. The van der Waals surface area contributed by atoms with Crippen molar-refractivity contribution in [3.8, 4) is 11.5 Å². The number of nitrogens with one attached hydrogen (secondary N) is 1. The van der Waals surface area contributed by atoms with Crippen LogP contribution in [0.15, 0.2) is 57.6 Å². The smallest absolute Gasteiger partial charge is 0.291 e. The second-order valence-corrected chi connectivity index (χ2v) is 6.41. The third-order valence-electron chi connectivity index (χ3n) is 4.30. The van der Waals surface area contributed by atoms with E-state index >= 15 is 0 Å². The van der Waals surface area contributed by atoms with Gasteiger partial charge in [-0.2, -0.15) is 0 Å². The predicted molar refractivity (Wildman–Crippen MR) is 100 cm³/mol. The highest BCUT2D eigenvalue weighted by molar-refractivity contribution is 6.03. The van der Waals surface area contributed by atoms with Crippen molar-refractivity contribution in [3.05, 3.63) is 71.2 Å². The van der Waals surface area contributed by atoms with Gasteiger partial charge in [-0.3, -0.25) is 4.79 Å². The van der Waals surface area contributed by atoms with Crippen molar-refractivity contribution in [1.29, 1.82) is 0 Å². The van der Waals surface area contributed by atoms with Crippen molar-refractivity contribution in [2.75, 3.05) is 5.32 Å². The van der Waals surface area contributed by atoms with E-state index in [1.54, 1.807) is 12.1 Å². The number of fused-ring (bicyclic) bond motifs is 1. The fourth-order valence-corrected chi connectivity index (χ4v) is 2.98. The lowest BCUT2D eigenvalue weighted by Crippen LogP contribution is -2.11. The van der Waals surface area contributed by atoms with Gasteiger partial charge >= 0.3 is 0 Å². The minimum absolute atomic E-state index is 0.266. The number of carbonyl (C=O) groups is 1. The molecule has 130 valence electrons. The van der Waals surface area contributed by atoms with Gasteiger partial charge in [-0.15, -0.1) is 0 Å². The van der Waals surface area contributed by atoms with Crippen LogP contribution in [0.5, 0.6) is 0 Å². The molecule has 2 aromatic heterocycles. The lowest BCUT2D eigenvalue weighted by molar-refractivity contribution is 0.0996. The van der Waals surface area contributed by atoms with Crippen molar-refractivity contribution in [2.45, 2.75) is 20.8 Å². The van der Waals surface area contributed by atoms with Crippen LogP contribution in [0.2, 0.25) is 0 Å². The van der Waals surface area contributed by atoms with E-state index < -0.39 is 0 Å². The van der Waals surface area contributed by atoms with E-state index in [1.807, 2.05) is 45.0 Å². The number of anilines is 1. The van der Waals surface area contributed by atoms with Gasteiger partial charge < -0.3 is 14.2 Å². The third kappa shape index (κ3) is 2.88. The Kier molecular flexibility index (Phi) is 3.84. The number of furan rings is 1. The first kappa shape index (κ1) is 16.1. The number of oxazole rings is 1. The highest BCUT2D eigenvalue weighted by Gasteiger charge is 2.14. The summed E-state index contributed by atoms with van der Waals surface area (Å²) in [6, 6.07) is 13.1. The number of aryl methyl sites for hydroxylation is 3. The first-order valence-corrected chi connectivity index (χ1v) is 8.35. The summed E-state index contributed by atoms with van der Waals surface area (Å²) in [5, 5.41) is 2.87. The van der Waals surface area contributed by atoms with Crippen LogP contribution in [0, 0.1) is 20.8 Å². The van der Waals surface area contributed by atoms with Crippen molar-refractivity contribution in [1.82, 2.24) is 4.98 Å². The minimum atomic E-state index is -0.292. The number of rotatable bonds is 3. The molecule has 0 fully saturated rings. The molecule has 1 amide bonds. The number of hydrogen-bond acceptors (Lipinski definition) is 4. The van der Waals surface area contributed by atoms with Crippen LogP contribution in [0.1, 0.15) is 27.2 Å². The number of hydrogen-bond donors (Lipinski definition) is 1. The van der Waals surface area contributed by atoms with Gasteiger partial charge in [-0.25, -0.2) is 4.98 Å². The van der Waals surface area contributed by atoms with E-state index in [1.165, 1.54) is 6.26 Å². The predicted octanol–water partition coefficient (Wildman–Crippen LogP) is 5.27. The van der Waals surface area contributed by atoms with E-state index in [4.69, 9.17) is 8.83 Å². The average molecular weight is 346 g/mol. The number of carbonyl (C=O) groups excluding carboxylic acids is 1. The van der Waals surface area contributed by atoms with E-state index in [2.05, 4.69) is 16.4 Å². The van der Waals surface area contributed by atoms with Gasteiger partial charge in [0, 0.05) is 11.3 Å². The summed E-state index contributed by atoms with van der Waals surface area (Å²) in [5.41, 5.74) is 6.25. The summed E-state index contributed by atoms with van der Waals surface area (Å²) in [5.74, 6) is 0.504. The molecular formula is C21H18N2O3. The Morgan fingerprint density at radius 3 is 2.65 bits per heavy atom. The Bertz CT molecular complexity index is 1110. The SMILES string of the molecule is Cc1cc(C)c2oc(-c3ccc(C)c(NC(=O)c4ccco4)c3)nc2c1. The van der Waals surface area contributed by atoms with Crippen LogP contribution < -0.4 is 5.32 Å². The number of nitrogens with zero attached hydrogens (tertiary/aromatic N) is 1. The fraction of sp³-hybridized carbons (Fsp3) is 0.143. The van der Waals surface area contributed by atoms with Gasteiger partial charge in [0.15, 0.2) is 11.3 Å².